The van der Waals surface area contributed by atoms with E-state index < -0.39 is 0 Å². The van der Waals surface area contributed by atoms with Crippen LogP contribution in [0.3, 0.4) is 0 Å². The number of carbonyl (C=O) groups is 1. The van der Waals surface area contributed by atoms with Gasteiger partial charge in [0.25, 0.3) is 0 Å². The molecule has 8 atom stereocenters. The maximum atomic E-state index is 11.8. The molecule has 5 rings (SSSR count). The Morgan fingerprint density at radius 2 is 1.66 bits per heavy atom. The average Bonchev–Trinajstić information content (AvgIpc) is 3.26. The standard InChI is InChI=1S/C32H52O3/c1-20(10-13-27-29(5,6)35-27)22-14-18-32(9)24-11-12-25-28(3,4)26(34-21(2)33)16-17-30(25,7)23(24)15-19-31(22,32)8/h20,22,25-27H,10-19H2,1-9H3/t20-,22-,25+,26?,27?,30-,31-,32+/m1/s1. The van der Waals surface area contributed by atoms with Gasteiger partial charge in [0.1, 0.15) is 6.10 Å². The molecule has 35 heavy (non-hydrogen) atoms. The Bertz CT molecular complexity index is 914. The van der Waals surface area contributed by atoms with E-state index in [0.717, 1.165) is 18.3 Å². The van der Waals surface area contributed by atoms with Gasteiger partial charge in [-0.05, 0) is 112 Å². The number of allylic oxidation sites excluding steroid dienone is 2. The molecule has 0 amide bonds. The molecule has 0 aromatic heterocycles. The molecule has 2 saturated carbocycles. The number of hydrogen-bond donors (Lipinski definition) is 0. The molecule has 0 spiro atoms. The minimum Gasteiger partial charge on any atom is -0.462 e. The van der Waals surface area contributed by atoms with Crippen LogP contribution in [0.15, 0.2) is 11.1 Å². The highest BCUT2D eigenvalue weighted by Crippen LogP contribution is 2.72. The largest absolute Gasteiger partial charge is 0.462 e. The Morgan fingerprint density at radius 3 is 2.29 bits per heavy atom. The Morgan fingerprint density at radius 1 is 0.971 bits per heavy atom. The first-order valence-corrected chi connectivity index (χ1v) is 14.7. The van der Waals surface area contributed by atoms with E-state index >= 15 is 0 Å². The zero-order chi connectivity index (χ0) is 25.6. The van der Waals surface area contributed by atoms with Crippen LogP contribution in [-0.4, -0.2) is 23.8 Å². The molecule has 0 aromatic rings. The molecule has 3 fully saturated rings. The molecule has 0 bridgehead atoms. The first kappa shape index (κ1) is 25.8. The van der Waals surface area contributed by atoms with Crippen LogP contribution in [0, 0.1) is 39.4 Å². The van der Waals surface area contributed by atoms with Crippen LogP contribution in [-0.2, 0) is 14.3 Å². The van der Waals surface area contributed by atoms with E-state index in [-0.39, 0.29) is 28.5 Å². The third kappa shape index (κ3) is 3.71. The fraction of sp³-hybridized carbons (Fsp3) is 0.906. The van der Waals surface area contributed by atoms with Crippen molar-refractivity contribution in [2.45, 2.75) is 144 Å². The Kier molecular flexibility index (Phi) is 5.96. The molecular weight excluding hydrogens is 432 g/mol. The third-order valence-corrected chi connectivity index (χ3v) is 12.8. The molecule has 3 heteroatoms. The van der Waals surface area contributed by atoms with Crippen molar-refractivity contribution in [2.75, 3.05) is 0 Å². The zero-order valence-electron chi connectivity index (χ0n) is 24.2. The van der Waals surface area contributed by atoms with E-state index in [1.54, 1.807) is 6.92 Å². The van der Waals surface area contributed by atoms with Gasteiger partial charge < -0.3 is 9.47 Å². The summed E-state index contributed by atoms with van der Waals surface area (Å²) >= 11 is 0. The van der Waals surface area contributed by atoms with E-state index in [4.69, 9.17) is 9.47 Å². The summed E-state index contributed by atoms with van der Waals surface area (Å²) in [6.45, 7) is 21.2. The fourth-order valence-corrected chi connectivity index (χ4v) is 10.4. The predicted octanol–water partition coefficient (Wildman–Crippen LogP) is 8.26. The maximum absolute atomic E-state index is 11.8. The van der Waals surface area contributed by atoms with E-state index in [2.05, 4.69) is 55.4 Å². The van der Waals surface area contributed by atoms with Crippen LogP contribution in [0.25, 0.3) is 0 Å². The van der Waals surface area contributed by atoms with Crippen molar-refractivity contribution in [3.63, 3.8) is 0 Å². The Balaban J connectivity index is 1.40. The molecule has 0 N–H and O–H groups in total. The van der Waals surface area contributed by atoms with Crippen LogP contribution in [0.1, 0.15) is 127 Å². The lowest BCUT2D eigenvalue weighted by molar-refractivity contribution is -0.167. The first-order valence-electron chi connectivity index (χ1n) is 14.7. The molecule has 5 aliphatic rings. The minimum atomic E-state index is -0.119. The molecule has 0 radical (unpaired) electrons. The lowest BCUT2D eigenvalue weighted by Gasteiger charge is -2.62. The molecule has 1 aliphatic heterocycles. The second-order valence-corrected chi connectivity index (χ2v) is 15.1. The second-order valence-electron chi connectivity index (χ2n) is 15.1. The Hall–Kier alpha value is -0.830. The quantitative estimate of drug-likeness (QED) is 0.224. The highest BCUT2D eigenvalue weighted by molar-refractivity contribution is 5.66. The molecule has 198 valence electrons. The topological polar surface area (TPSA) is 38.8 Å². The van der Waals surface area contributed by atoms with Gasteiger partial charge >= 0.3 is 5.97 Å². The summed E-state index contributed by atoms with van der Waals surface area (Å²) in [6, 6.07) is 0. The van der Waals surface area contributed by atoms with Gasteiger partial charge in [-0.1, -0.05) is 52.7 Å². The van der Waals surface area contributed by atoms with Crippen molar-refractivity contribution in [3.05, 3.63) is 11.1 Å². The summed E-state index contributed by atoms with van der Waals surface area (Å²) in [6.07, 6.45) is 13.1. The normalized spacial score (nSPS) is 46.3. The van der Waals surface area contributed by atoms with E-state index in [1.807, 2.05) is 11.1 Å². The number of fused-ring (bicyclic) bond motifs is 4. The van der Waals surface area contributed by atoms with Crippen LogP contribution in [0.2, 0.25) is 0 Å². The van der Waals surface area contributed by atoms with Gasteiger partial charge in [0.15, 0.2) is 0 Å². The van der Waals surface area contributed by atoms with E-state index in [1.165, 1.54) is 57.8 Å². The Labute approximate surface area is 215 Å². The number of esters is 1. The van der Waals surface area contributed by atoms with Crippen molar-refractivity contribution in [3.8, 4) is 0 Å². The molecular formula is C32H52O3. The monoisotopic (exact) mass is 484 g/mol. The van der Waals surface area contributed by atoms with Gasteiger partial charge in [-0.2, -0.15) is 0 Å². The molecule has 2 unspecified atom stereocenters. The molecule has 1 heterocycles. The van der Waals surface area contributed by atoms with E-state index in [0.29, 0.717) is 22.9 Å². The third-order valence-electron chi connectivity index (χ3n) is 12.8. The van der Waals surface area contributed by atoms with Gasteiger partial charge in [0.05, 0.1) is 11.7 Å². The second kappa shape index (κ2) is 8.08. The molecule has 0 aromatic carbocycles. The summed E-state index contributed by atoms with van der Waals surface area (Å²) in [5.74, 6) is 2.07. The first-order chi connectivity index (χ1) is 16.2. The lowest BCUT2D eigenvalue weighted by atomic mass is 9.43. The zero-order valence-corrected chi connectivity index (χ0v) is 24.2. The molecule has 4 aliphatic carbocycles. The van der Waals surface area contributed by atoms with Gasteiger partial charge in [-0.25, -0.2) is 0 Å². The van der Waals surface area contributed by atoms with Crippen LogP contribution >= 0.6 is 0 Å². The van der Waals surface area contributed by atoms with Crippen molar-refractivity contribution in [2.24, 2.45) is 39.4 Å². The summed E-state index contributed by atoms with van der Waals surface area (Å²) in [5.41, 5.74) is 4.85. The van der Waals surface area contributed by atoms with Crippen LogP contribution < -0.4 is 0 Å². The van der Waals surface area contributed by atoms with Crippen LogP contribution in [0.4, 0.5) is 0 Å². The SMILES string of the molecule is CC(=O)OC1CC[C@]2(C)C3=C(CC[C@H]2C1(C)C)[C@]1(C)CC[C@H]([C@H](C)CCC2OC2(C)C)[C@@]1(C)CC3. The predicted molar refractivity (Wildman–Crippen MR) is 142 cm³/mol. The highest BCUT2D eigenvalue weighted by atomic mass is 16.6. The summed E-state index contributed by atoms with van der Waals surface area (Å²) in [7, 11) is 0. The van der Waals surface area contributed by atoms with E-state index in [9.17, 15) is 4.79 Å². The van der Waals surface area contributed by atoms with Gasteiger partial charge in [0, 0.05) is 12.3 Å². The highest BCUT2D eigenvalue weighted by Gasteiger charge is 2.63. The lowest BCUT2D eigenvalue weighted by Crippen LogP contribution is -2.55. The average molecular weight is 485 g/mol. The molecule has 1 saturated heterocycles. The summed E-state index contributed by atoms with van der Waals surface area (Å²) in [4.78, 5) is 11.8. The number of epoxide rings is 1. The summed E-state index contributed by atoms with van der Waals surface area (Å²) in [5, 5.41) is 0. The number of rotatable bonds is 5. The van der Waals surface area contributed by atoms with Gasteiger partial charge in [-0.15, -0.1) is 0 Å². The van der Waals surface area contributed by atoms with Crippen LogP contribution in [0.5, 0.6) is 0 Å². The van der Waals surface area contributed by atoms with Gasteiger partial charge in [0.2, 0.25) is 0 Å². The number of ether oxygens (including phenoxy) is 2. The van der Waals surface area contributed by atoms with Crippen molar-refractivity contribution < 1.29 is 14.3 Å². The van der Waals surface area contributed by atoms with Crippen molar-refractivity contribution in [1.82, 2.24) is 0 Å². The summed E-state index contributed by atoms with van der Waals surface area (Å²) < 4.78 is 11.8. The number of carbonyl (C=O) groups excluding carboxylic acids is 1. The van der Waals surface area contributed by atoms with Crippen molar-refractivity contribution in [1.29, 1.82) is 0 Å². The van der Waals surface area contributed by atoms with Crippen molar-refractivity contribution >= 4 is 5.97 Å². The number of hydrogen-bond acceptors (Lipinski definition) is 3. The maximum Gasteiger partial charge on any atom is 0.302 e. The minimum absolute atomic E-state index is 0.0320. The molecule has 3 nitrogen and oxygen atoms in total. The smallest absolute Gasteiger partial charge is 0.302 e. The fourth-order valence-electron chi connectivity index (χ4n) is 10.4. The van der Waals surface area contributed by atoms with Gasteiger partial charge in [-0.3, -0.25) is 4.79 Å².